The highest BCUT2D eigenvalue weighted by atomic mass is 32.1. The second-order valence-electron chi connectivity index (χ2n) is 5.37. The molecular weight excluding hydrogens is 262 g/mol. The van der Waals surface area contributed by atoms with E-state index in [0.717, 1.165) is 18.7 Å². The fraction of sp³-hybridized carbons (Fsp3) is 0.692. The Hall–Kier alpha value is -1.14. The molecule has 0 aromatic carbocycles. The van der Waals surface area contributed by atoms with E-state index in [1.54, 1.807) is 11.3 Å². The normalized spacial score (nSPS) is 13.1. The van der Waals surface area contributed by atoms with E-state index in [4.69, 9.17) is 4.74 Å². The standard InChI is InChI=1S/C13H23N3O2S/c1-10(11-8-19-9-16-11)14-6-5-7-15-12(17)18-13(2,3)4/h8-10,14H,5-7H2,1-4H3,(H,15,17). The van der Waals surface area contributed by atoms with Gasteiger partial charge < -0.3 is 15.4 Å². The summed E-state index contributed by atoms with van der Waals surface area (Å²) in [5.74, 6) is 0. The van der Waals surface area contributed by atoms with Crippen LogP contribution in [0.4, 0.5) is 4.79 Å². The van der Waals surface area contributed by atoms with Gasteiger partial charge in [0.2, 0.25) is 0 Å². The molecule has 0 radical (unpaired) electrons. The Morgan fingerprint density at radius 1 is 1.47 bits per heavy atom. The Balaban J connectivity index is 2.07. The maximum absolute atomic E-state index is 11.4. The summed E-state index contributed by atoms with van der Waals surface area (Å²) in [4.78, 5) is 15.6. The number of hydrogen-bond acceptors (Lipinski definition) is 5. The number of amides is 1. The Morgan fingerprint density at radius 2 is 2.21 bits per heavy atom. The van der Waals surface area contributed by atoms with Crippen LogP contribution in [0.25, 0.3) is 0 Å². The van der Waals surface area contributed by atoms with Gasteiger partial charge in [0.15, 0.2) is 0 Å². The Bertz CT molecular complexity index is 374. The van der Waals surface area contributed by atoms with Crippen molar-refractivity contribution in [3.8, 4) is 0 Å². The van der Waals surface area contributed by atoms with Crippen molar-refractivity contribution in [2.75, 3.05) is 13.1 Å². The molecule has 0 spiro atoms. The van der Waals surface area contributed by atoms with Crippen molar-refractivity contribution in [2.24, 2.45) is 0 Å². The molecule has 0 bridgehead atoms. The molecule has 1 atom stereocenters. The third kappa shape index (κ3) is 7.12. The summed E-state index contributed by atoms with van der Waals surface area (Å²) in [7, 11) is 0. The number of nitrogens with zero attached hydrogens (tertiary/aromatic N) is 1. The maximum Gasteiger partial charge on any atom is 0.407 e. The third-order valence-electron chi connectivity index (χ3n) is 2.37. The first-order valence-electron chi connectivity index (χ1n) is 6.47. The van der Waals surface area contributed by atoms with Gasteiger partial charge in [0, 0.05) is 18.0 Å². The maximum atomic E-state index is 11.4. The van der Waals surface area contributed by atoms with Gasteiger partial charge in [-0.15, -0.1) is 11.3 Å². The Morgan fingerprint density at radius 3 is 2.79 bits per heavy atom. The number of aromatic nitrogens is 1. The fourth-order valence-electron chi connectivity index (χ4n) is 1.45. The predicted octanol–water partition coefficient (Wildman–Crippen LogP) is 2.71. The quantitative estimate of drug-likeness (QED) is 0.789. The number of alkyl carbamates (subject to hydrolysis) is 1. The topological polar surface area (TPSA) is 63.2 Å². The van der Waals surface area contributed by atoms with Crippen LogP contribution in [0.15, 0.2) is 10.9 Å². The van der Waals surface area contributed by atoms with Gasteiger partial charge in [-0.25, -0.2) is 9.78 Å². The molecule has 1 unspecified atom stereocenters. The van der Waals surface area contributed by atoms with Crippen LogP contribution in [0.2, 0.25) is 0 Å². The van der Waals surface area contributed by atoms with Crippen molar-refractivity contribution in [1.29, 1.82) is 0 Å². The second kappa shape index (κ2) is 7.45. The van der Waals surface area contributed by atoms with E-state index in [1.165, 1.54) is 0 Å². The third-order valence-corrected chi connectivity index (χ3v) is 2.97. The van der Waals surface area contributed by atoms with Crippen LogP contribution >= 0.6 is 11.3 Å². The number of nitrogens with one attached hydrogen (secondary N) is 2. The summed E-state index contributed by atoms with van der Waals surface area (Å²) < 4.78 is 5.15. The molecule has 0 saturated heterocycles. The highest BCUT2D eigenvalue weighted by Gasteiger charge is 2.15. The summed E-state index contributed by atoms with van der Waals surface area (Å²) in [5, 5.41) is 8.13. The summed E-state index contributed by atoms with van der Waals surface area (Å²) in [6.07, 6.45) is 0.494. The van der Waals surface area contributed by atoms with E-state index in [-0.39, 0.29) is 12.1 Å². The Labute approximate surface area is 118 Å². The minimum atomic E-state index is -0.443. The molecule has 0 fully saturated rings. The summed E-state index contributed by atoms with van der Waals surface area (Å²) in [6, 6.07) is 0.243. The molecule has 1 amide bonds. The molecule has 0 saturated carbocycles. The van der Waals surface area contributed by atoms with E-state index in [1.807, 2.05) is 31.7 Å². The zero-order chi connectivity index (χ0) is 14.3. The van der Waals surface area contributed by atoms with Crippen LogP contribution < -0.4 is 10.6 Å². The highest BCUT2D eigenvalue weighted by Crippen LogP contribution is 2.11. The van der Waals surface area contributed by atoms with Crippen LogP contribution in [0.3, 0.4) is 0 Å². The molecule has 1 heterocycles. The zero-order valence-corrected chi connectivity index (χ0v) is 12.8. The van der Waals surface area contributed by atoms with E-state index in [2.05, 4.69) is 22.5 Å². The average Bonchev–Trinajstić information content (AvgIpc) is 2.79. The van der Waals surface area contributed by atoms with Crippen molar-refractivity contribution in [3.63, 3.8) is 0 Å². The first-order valence-corrected chi connectivity index (χ1v) is 7.41. The summed E-state index contributed by atoms with van der Waals surface area (Å²) in [6.45, 7) is 9.06. The molecule has 0 aliphatic heterocycles. The molecule has 5 nitrogen and oxygen atoms in total. The number of ether oxygens (including phenoxy) is 1. The fourth-order valence-corrected chi connectivity index (χ4v) is 2.10. The molecule has 19 heavy (non-hydrogen) atoms. The van der Waals surface area contributed by atoms with E-state index in [0.29, 0.717) is 6.54 Å². The molecule has 0 aliphatic rings. The number of carbonyl (C=O) groups is 1. The number of carbonyl (C=O) groups excluding carboxylic acids is 1. The Kier molecular flexibility index (Phi) is 6.24. The molecule has 6 heteroatoms. The first-order chi connectivity index (χ1) is 8.88. The van der Waals surface area contributed by atoms with E-state index < -0.39 is 5.60 Å². The van der Waals surface area contributed by atoms with Gasteiger partial charge in [-0.1, -0.05) is 0 Å². The minimum Gasteiger partial charge on any atom is -0.444 e. The largest absolute Gasteiger partial charge is 0.444 e. The molecule has 1 aromatic rings. The summed E-state index contributed by atoms with van der Waals surface area (Å²) in [5.41, 5.74) is 2.45. The van der Waals surface area contributed by atoms with Crippen molar-refractivity contribution >= 4 is 17.4 Å². The average molecular weight is 285 g/mol. The SMILES string of the molecule is CC(NCCCNC(=O)OC(C)(C)C)c1cscn1. The number of hydrogen-bond donors (Lipinski definition) is 2. The van der Waals surface area contributed by atoms with Crippen LogP contribution in [0, 0.1) is 0 Å². The molecule has 108 valence electrons. The monoisotopic (exact) mass is 285 g/mol. The lowest BCUT2D eigenvalue weighted by Crippen LogP contribution is -2.34. The molecule has 2 N–H and O–H groups in total. The van der Waals surface area contributed by atoms with Crippen molar-refractivity contribution in [2.45, 2.75) is 45.8 Å². The van der Waals surface area contributed by atoms with Gasteiger partial charge >= 0.3 is 6.09 Å². The van der Waals surface area contributed by atoms with Crippen molar-refractivity contribution in [3.05, 3.63) is 16.6 Å². The van der Waals surface area contributed by atoms with Gasteiger partial charge in [-0.2, -0.15) is 0 Å². The van der Waals surface area contributed by atoms with Crippen molar-refractivity contribution in [1.82, 2.24) is 15.6 Å². The predicted molar refractivity (Wildman–Crippen MR) is 77.4 cm³/mol. The minimum absolute atomic E-state index is 0.243. The number of thiazole rings is 1. The van der Waals surface area contributed by atoms with E-state index in [9.17, 15) is 4.79 Å². The van der Waals surface area contributed by atoms with Crippen LogP contribution in [-0.4, -0.2) is 29.8 Å². The lowest BCUT2D eigenvalue weighted by Gasteiger charge is -2.19. The lowest BCUT2D eigenvalue weighted by molar-refractivity contribution is 0.0527. The van der Waals surface area contributed by atoms with Gasteiger partial charge in [-0.3, -0.25) is 0 Å². The molecule has 1 aromatic heterocycles. The second-order valence-corrected chi connectivity index (χ2v) is 6.09. The lowest BCUT2D eigenvalue weighted by atomic mass is 10.2. The van der Waals surface area contributed by atoms with Gasteiger partial charge in [-0.05, 0) is 40.7 Å². The van der Waals surface area contributed by atoms with Gasteiger partial charge in [0.25, 0.3) is 0 Å². The molecule has 0 aliphatic carbocycles. The first kappa shape index (κ1) is 15.9. The van der Waals surface area contributed by atoms with Crippen LogP contribution in [-0.2, 0) is 4.74 Å². The van der Waals surface area contributed by atoms with Gasteiger partial charge in [0.1, 0.15) is 5.60 Å². The zero-order valence-electron chi connectivity index (χ0n) is 12.0. The highest BCUT2D eigenvalue weighted by molar-refractivity contribution is 7.07. The molecule has 1 rings (SSSR count). The number of rotatable bonds is 6. The smallest absolute Gasteiger partial charge is 0.407 e. The summed E-state index contributed by atoms with van der Waals surface area (Å²) >= 11 is 1.60. The van der Waals surface area contributed by atoms with Crippen LogP contribution in [0.1, 0.15) is 45.9 Å². The van der Waals surface area contributed by atoms with Crippen LogP contribution in [0.5, 0.6) is 0 Å². The molecular formula is C13H23N3O2S. The van der Waals surface area contributed by atoms with Gasteiger partial charge in [0.05, 0.1) is 11.2 Å². The van der Waals surface area contributed by atoms with E-state index >= 15 is 0 Å². The van der Waals surface area contributed by atoms with Crippen molar-refractivity contribution < 1.29 is 9.53 Å².